The van der Waals surface area contributed by atoms with Gasteiger partial charge in [-0.2, -0.15) is 18.4 Å². The lowest BCUT2D eigenvalue weighted by molar-refractivity contribution is -0.137. The highest BCUT2D eigenvalue weighted by atomic mass is 19.4. The monoisotopic (exact) mass is 572 g/mol. The van der Waals surface area contributed by atoms with Crippen LogP contribution in [0.15, 0.2) is 30.9 Å². The van der Waals surface area contributed by atoms with Crippen LogP contribution in [0.3, 0.4) is 0 Å². The van der Waals surface area contributed by atoms with Gasteiger partial charge in [0.2, 0.25) is 11.8 Å². The standard InChI is InChI=1S/C29H32F4N6O2/c1-3-25(40)37-12-14-38(15-13-37)26-20-9-11-39(27-22(29(31,32)33)7-4-8-23(27)30)17-24(20)35-28(21(26)16-34)41-18-19-6-5-10-36(19)2/h3-4,7-8,19H,1,5-6,9-15,17-18H2,2H3. The number of pyridine rings is 1. The Morgan fingerprint density at radius 3 is 2.56 bits per heavy atom. The van der Waals surface area contributed by atoms with E-state index in [-0.39, 0.29) is 42.9 Å². The maximum atomic E-state index is 14.9. The molecule has 1 aromatic heterocycles. The van der Waals surface area contributed by atoms with Crippen molar-refractivity contribution in [2.75, 3.05) is 62.7 Å². The Morgan fingerprint density at radius 2 is 1.93 bits per heavy atom. The molecule has 0 spiro atoms. The number of aromatic nitrogens is 1. The third-order valence-electron chi connectivity index (χ3n) is 8.18. The number of anilines is 2. The summed E-state index contributed by atoms with van der Waals surface area (Å²) >= 11 is 0. The molecule has 1 unspecified atom stereocenters. The molecule has 0 radical (unpaired) electrons. The van der Waals surface area contributed by atoms with Crippen molar-refractivity contribution in [1.82, 2.24) is 14.8 Å². The molecule has 0 aliphatic carbocycles. The molecule has 3 aliphatic heterocycles. The summed E-state index contributed by atoms with van der Waals surface area (Å²) in [6.07, 6.45) is -1.23. The molecule has 218 valence electrons. The van der Waals surface area contributed by atoms with E-state index in [0.29, 0.717) is 44.2 Å². The Bertz CT molecular complexity index is 1370. The molecule has 12 heteroatoms. The number of hydrogen-bond donors (Lipinski definition) is 0. The van der Waals surface area contributed by atoms with Crippen LogP contribution in [0, 0.1) is 17.1 Å². The van der Waals surface area contributed by atoms with E-state index in [4.69, 9.17) is 4.74 Å². The van der Waals surface area contributed by atoms with E-state index in [9.17, 15) is 27.6 Å². The molecule has 0 saturated carbocycles. The van der Waals surface area contributed by atoms with Gasteiger partial charge in [-0.3, -0.25) is 4.79 Å². The first kappa shape index (κ1) is 28.7. The van der Waals surface area contributed by atoms with Crippen LogP contribution in [-0.2, 0) is 23.9 Å². The highest BCUT2D eigenvalue weighted by Gasteiger charge is 2.38. The number of fused-ring (bicyclic) bond motifs is 1. The Balaban J connectivity index is 1.53. The van der Waals surface area contributed by atoms with Crippen LogP contribution in [0.25, 0.3) is 0 Å². The van der Waals surface area contributed by atoms with Crippen molar-refractivity contribution in [3.8, 4) is 11.9 Å². The van der Waals surface area contributed by atoms with Gasteiger partial charge in [-0.15, -0.1) is 0 Å². The van der Waals surface area contributed by atoms with E-state index in [1.165, 1.54) is 11.0 Å². The number of benzene rings is 1. The molecule has 1 aromatic carbocycles. The molecule has 2 saturated heterocycles. The maximum Gasteiger partial charge on any atom is 0.418 e. The van der Waals surface area contributed by atoms with Gasteiger partial charge in [0.15, 0.2) is 0 Å². The van der Waals surface area contributed by atoms with E-state index >= 15 is 0 Å². The number of piperazine rings is 1. The Hall–Kier alpha value is -3.85. The number of amides is 1. The van der Waals surface area contributed by atoms with Gasteiger partial charge in [0, 0.05) is 44.3 Å². The fraction of sp³-hybridized carbons (Fsp3) is 0.483. The van der Waals surface area contributed by atoms with Crippen LogP contribution >= 0.6 is 0 Å². The minimum atomic E-state index is -4.73. The van der Waals surface area contributed by atoms with Gasteiger partial charge in [-0.1, -0.05) is 12.6 Å². The predicted octanol–water partition coefficient (Wildman–Crippen LogP) is 3.98. The number of likely N-dealkylation sites (N-methyl/N-ethyl adjacent to an activating group) is 1. The molecule has 0 bridgehead atoms. The van der Waals surface area contributed by atoms with Gasteiger partial charge in [0.25, 0.3) is 0 Å². The van der Waals surface area contributed by atoms with Crippen LogP contribution in [0.2, 0.25) is 0 Å². The zero-order valence-electron chi connectivity index (χ0n) is 22.9. The quantitative estimate of drug-likeness (QED) is 0.383. The number of nitriles is 1. The molecule has 2 aromatic rings. The van der Waals surface area contributed by atoms with Gasteiger partial charge >= 0.3 is 6.18 Å². The summed E-state index contributed by atoms with van der Waals surface area (Å²) in [5.41, 5.74) is 0.520. The minimum absolute atomic E-state index is 0.0767. The van der Waals surface area contributed by atoms with E-state index in [1.54, 1.807) is 4.90 Å². The molecular weight excluding hydrogens is 540 g/mol. The Labute approximate surface area is 236 Å². The lowest BCUT2D eigenvalue weighted by atomic mass is 9.97. The molecule has 8 nitrogen and oxygen atoms in total. The summed E-state index contributed by atoms with van der Waals surface area (Å²) in [7, 11) is 2.01. The smallest absolute Gasteiger partial charge is 0.418 e. The molecule has 1 atom stereocenters. The van der Waals surface area contributed by atoms with Crippen LogP contribution in [0.1, 0.15) is 35.2 Å². The fourth-order valence-corrected chi connectivity index (χ4v) is 5.99. The Morgan fingerprint density at radius 1 is 1.17 bits per heavy atom. The van der Waals surface area contributed by atoms with Crippen molar-refractivity contribution in [3.63, 3.8) is 0 Å². The van der Waals surface area contributed by atoms with Crippen molar-refractivity contribution >= 4 is 17.3 Å². The predicted molar refractivity (Wildman–Crippen MR) is 145 cm³/mol. The van der Waals surface area contributed by atoms with E-state index in [0.717, 1.165) is 43.1 Å². The van der Waals surface area contributed by atoms with Crippen molar-refractivity contribution in [2.45, 2.75) is 38.0 Å². The minimum Gasteiger partial charge on any atom is -0.475 e. The zero-order valence-corrected chi connectivity index (χ0v) is 22.9. The topological polar surface area (TPSA) is 75.9 Å². The number of carbonyl (C=O) groups is 1. The molecule has 0 N–H and O–H groups in total. The zero-order chi connectivity index (χ0) is 29.3. The normalized spacial score (nSPS) is 19.6. The molecule has 1 amide bonds. The lowest BCUT2D eigenvalue weighted by Gasteiger charge is -2.39. The summed E-state index contributed by atoms with van der Waals surface area (Å²) < 4.78 is 62.5. The lowest BCUT2D eigenvalue weighted by Crippen LogP contribution is -2.49. The number of hydrogen-bond acceptors (Lipinski definition) is 7. The highest BCUT2D eigenvalue weighted by Crippen LogP contribution is 2.42. The highest BCUT2D eigenvalue weighted by molar-refractivity contribution is 5.87. The number of alkyl halides is 3. The van der Waals surface area contributed by atoms with Crippen LogP contribution in [-0.4, -0.2) is 79.7 Å². The first-order chi connectivity index (χ1) is 19.6. The molecular formula is C29H32F4N6O2. The first-order valence-electron chi connectivity index (χ1n) is 13.7. The molecule has 4 heterocycles. The summed E-state index contributed by atoms with van der Waals surface area (Å²) in [5, 5.41) is 10.3. The summed E-state index contributed by atoms with van der Waals surface area (Å²) in [4.78, 5) is 24.0. The van der Waals surface area contributed by atoms with Crippen molar-refractivity contribution < 1.29 is 27.1 Å². The number of likely N-dealkylation sites (tertiary alicyclic amines) is 1. The SMILES string of the molecule is C=CC(=O)N1CCN(c2c(C#N)c(OCC3CCCN3C)nc3c2CCN(c2c(F)cccc2C(F)(F)F)C3)CC1. The molecule has 3 aliphatic rings. The molecule has 41 heavy (non-hydrogen) atoms. The first-order valence-corrected chi connectivity index (χ1v) is 13.7. The number of para-hydroxylation sites is 1. The summed E-state index contributed by atoms with van der Waals surface area (Å²) in [6, 6.07) is 5.37. The van der Waals surface area contributed by atoms with Crippen molar-refractivity contribution in [2.24, 2.45) is 0 Å². The Kier molecular flexibility index (Phi) is 8.09. The number of rotatable bonds is 6. The maximum absolute atomic E-state index is 14.9. The fourth-order valence-electron chi connectivity index (χ4n) is 5.99. The average molecular weight is 573 g/mol. The van der Waals surface area contributed by atoms with Crippen LogP contribution in [0.5, 0.6) is 5.88 Å². The third kappa shape index (κ3) is 5.68. The largest absolute Gasteiger partial charge is 0.475 e. The second-order valence-electron chi connectivity index (χ2n) is 10.6. The van der Waals surface area contributed by atoms with Gasteiger partial charge in [-0.05, 0) is 51.1 Å². The second-order valence-corrected chi connectivity index (χ2v) is 10.6. The van der Waals surface area contributed by atoms with Gasteiger partial charge in [0.05, 0.1) is 29.2 Å². The summed E-state index contributed by atoms with van der Waals surface area (Å²) in [5.74, 6) is -1.01. The second kappa shape index (κ2) is 11.6. The number of halogens is 4. The third-order valence-corrected chi connectivity index (χ3v) is 8.18. The van der Waals surface area contributed by atoms with Gasteiger partial charge in [0.1, 0.15) is 24.1 Å². The summed E-state index contributed by atoms with van der Waals surface area (Å²) in [6.45, 7) is 6.58. The molecule has 2 fully saturated rings. The number of ether oxygens (including phenoxy) is 1. The van der Waals surface area contributed by atoms with Gasteiger partial charge < -0.3 is 24.3 Å². The average Bonchev–Trinajstić information content (AvgIpc) is 3.38. The van der Waals surface area contributed by atoms with E-state index < -0.39 is 23.2 Å². The van der Waals surface area contributed by atoms with E-state index in [1.807, 2.05) is 11.9 Å². The number of carbonyl (C=O) groups excluding carboxylic acids is 1. The van der Waals surface area contributed by atoms with E-state index in [2.05, 4.69) is 22.5 Å². The van der Waals surface area contributed by atoms with Crippen molar-refractivity contribution in [3.05, 3.63) is 59.1 Å². The molecule has 5 rings (SSSR count). The number of nitrogens with zero attached hydrogens (tertiary/aromatic N) is 6. The van der Waals surface area contributed by atoms with Gasteiger partial charge in [-0.25, -0.2) is 9.37 Å². The van der Waals surface area contributed by atoms with Crippen LogP contribution < -0.4 is 14.5 Å². The van der Waals surface area contributed by atoms with Crippen molar-refractivity contribution in [1.29, 1.82) is 5.26 Å². The van der Waals surface area contributed by atoms with Crippen LogP contribution in [0.4, 0.5) is 28.9 Å².